The van der Waals surface area contributed by atoms with Crippen LogP contribution in [-0.4, -0.2) is 61.3 Å². The molecule has 0 N–H and O–H groups in total. The van der Waals surface area contributed by atoms with E-state index in [0.29, 0.717) is 24.3 Å². The molecule has 0 aliphatic carbocycles. The molecule has 0 atom stereocenters. The molecule has 2 saturated heterocycles. The fourth-order valence-corrected chi connectivity index (χ4v) is 3.35. The monoisotopic (exact) mass is 336 g/mol. The summed E-state index contributed by atoms with van der Waals surface area (Å²) in [5, 5.41) is -0.248. The highest BCUT2D eigenvalue weighted by Gasteiger charge is 2.43. The van der Waals surface area contributed by atoms with Crippen LogP contribution >= 0.6 is 11.8 Å². The van der Waals surface area contributed by atoms with Gasteiger partial charge in [0.1, 0.15) is 6.54 Å². The Hall–Kier alpha value is -2.16. The van der Waals surface area contributed by atoms with Gasteiger partial charge < -0.3 is 4.90 Å². The number of aryl methyl sites for hydroxylation is 1. The van der Waals surface area contributed by atoms with Crippen molar-refractivity contribution in [3.05, 3.63) is 27.9 Å². The van der Waals surface area contributed by atoms with E-state index in [1.165, 1.54) is 20.7 Å². The van der Waals surface area contributed by atoms with E-state index < -0.39 is 0 Å². The van der Waals surface area contributed by atoms with Gasteiger partial charge in [-0.3, -0.25) is 28.6 Å². The van der Waals surface area contributed by atoms with Crippen LogP contribution in [-0.2, 0) is 16.1 Å². The van der Waals surface area contributed by atoms with Gasteiger partial charge in [0.15, 0.2) is 0 Å². The van der Waals surface area contributed by atoms with E-state index in [1.807, 2.05) is 0 Å². The maximum atomic E-state index is 12.2. The summed E-state index contributed by atoms with van der Waals surface area (Å²) >= 11 is 0.989. The SMILES string of the molecule is Cc1ncn(CC(=O)N2CC(N3C(=O)CSC3=O)C2)c(=O)c1C. The third kappa shape index (κ3) is 2.76. The fraction of sp³-hybridized carbons (Fsp3) is 0.500. The summed E-state index contributed by atoms with van der Waals surface area (Å²) in [4.78, 5) is 54.4. The van der Waals surface area contributed by atoms with Gasteiger partial charge in [0.05, 0.1) is 18.1 Å². The average molecular weight is 336 g/mol. The van der Waals surface area contributed by atoms with E-state index in [0.717, 1.165) is 11.8 Å². The lowest BCUT2D eigenvalue weighted by Gasteiger charge is -2.42. The van der Waals surface area contributed by atoms with E-state index in [-0.39, 0.29) is 41.0 Å². The molecule has 3 rings (SSSR count). The Morgan fingerprint density at radius 1 is 1.30 bits per heavy atom. The number of carbonyl (C=O) groups is 3. The van der Waals surface area contributed by atoms with Crippen LogP contribution in [0, 0.1) is 13.8 Å². The minimum atomic E-state index is -0.248. The number of imide groups is 1. The van der Waals surface area contributed by atoms with Crippen molar-refractivity contribution in [3.8, 4) is 0 Å². The second-order valence-corrected chi connectivity index (χ2v) is 6.59. The Kier molecular flexibility index (Phi) is 3.97. The van der Waals surface area contributed by atoms with Gasteiger partial charge in [-0.1, -0.05) is 11.8 Å². The maximum Gasteiger partial charge on any atom is 0.289 e. The Morgan fingerprint density at radius 2 is 2.00 bits per heavy atom. The van der Waals surface area contributed by atoms with E-state index >= 15 is 0 Å². The van der Waals surface area contributed by atoms with Gasteiger partial charge in [-0.2, -0.15) is 0 Å². The van der Waals surface area contributed by atoms with E-state index in [1.54, 1.807) is 13.8 Å². The molecule has 0 bridgehead atoms. The van der Waals surface area contributed by atoms with E-state index in [9.17, 15) is 19.2 Å². The Morgan fingerprint density at radius 3 is 2.61 bits per heavy atom. The molecule has 0 radical (unpaired) electrons. The molecule has 0 saturated carbocycles. The van der Waals surface area contributed by atoms with Crippen LogP contribution in [0.3, 0.4) is 0 Å². The number of hydrogen-bond donors (Lipinski definition) is 0. The number of rotatable bonds is 3. The summed E-state index contributed by atoms with van der Waals surface area (Å²) in [6.07, 6.45) is 1.37. The van der Waals surface area contributed by atoms with Gasteiger partial charge in [-0.15, -0.1) is 0 Å². The Balaban J connectivity index is 1.62. The van der Waals surface area contributed by atoms with Crippen molar-refractivity contribution >= 4 is 28.8 Å². The number of amides is 3. The summed E-state index contributed by atoms with van der Waals surface area (Å²) in [6, 6.07) is -0.247. The Labute approximate surface area is 136 Å². The lowest BCUT2D eigenvalue weighted by Crippen LogP contribution is -2.62. The Bertz CT molecular complexity index is 738. The summed E-state index contributed by atoms with van der Waals surface area (Å²) in [5.74, 6) is -0.251. The first-order chi connectivity index (χ1) is 10.9. The summed E-state index contributed by atoms with van der Waals surface area (Å²) in [6.45, 7) is 3.97. The molecule has 0 unspecified atom stereocenters. The van der Waals surface area contributed by atoms with Gasteiger partial charge in [-0.05, 0) is 13.8 Å². The van der Waals surface area contributed by atoms with Gasteiger partial charge in [0, 0.05) is 24.3 Å². The number of hydrogen-bond acceptors (Lipinski definition) is 6. The first kappa shape index (κ1) is 15.7. The third-order valence-corrected chi connectivity index (χ3v) is 5.02. The summed E-state index contributed by atoms with van der Waals surface area (Å²) in [5.41, 5.74) is 0.933. The predicted octanol–water partition coefficient (Wildman–Crippen LogP) is -0.234. The van der Waals surface area contributed by atoms with Crippen LogP contribution in [0.25, 0.3) is 0 Å². The second-order valence-electron chi connectivity index (χ2n) is 5.66. The van der Waals surface area contributed by atoms with Crippen LogP contribution in [0.15, 0.2) is 11.1 Å². The molecule has 2 fully saturated rings. The maximum absolute atomic E-state index is 12.2. The first-order valence-electron chi connectivity index (χ1n) is 7.17. The standard InChI is InChI=1S/C14H16N4O4S/c1-8-9(2)15-7-17(13(8)21)5-11(19)16-3-10(4-16)18-12(20)6-23-14(18)22/h7,10H,3-6H2,1-2H3. The quantitative estimate of drug-likeness (QED) is 0.757. The summed E-state index contributed by atoms with van der Waals surface area (Å²) < 4.78 is 1.28. The van der Waals surface area contributed by atoms with Crippen LogP contribution < -0.4 is 5.56 Å². The zero-order chi connectivity index (χ0) is 16.7. The minimum absolute atomic E-state index is 0.0870. The number of likely N-dealkylation sites (tertiary alicyclic amines) is 1. The van der Waals surface area contributed by atoms with Gasteiger partial charge in [-0.25, -0.2) is 4.98 Å². The van der Waals surface area contributed by atoms with Crippen molar-refractivity contribution in [2.24, 2.45) is 0 Å². The van der Waals surface area contributed by atoms with Gasteiger partial charge >= 0.3 is 0 Å². The number of aromatic nitrogens is 2. The zero-order valence-corrected chi connectivity index (χ0v) is 13.6. The van der Waals surface area contributed by atoms with Crippen molar-refractivity contribution in [1.29, 1.82) is 0 Å². The minimum Gasteiger partial charge on any atom is -0.337 e. The van der Waals surface area contributed by atoms with Gasteiger partial charge in [0.2, 0.25) is 11.8 Å². The molecule has 9 heteroatoms. The lowest BCUT2D eigenvalue weighted by molar-refractivity contribution is -0.142. The average Bonchev–Trinajstić information content (AvgIpc) is 2.79. The summed E-state index contributed by atoms with van der Waals surface area (Å²) in [7, 11) is 0. The molecule has 23 heavy (non-hydrogen) atoms. The number of carbonyl (C=O) groups excluding carboxylic acids is 3. The van der Waals surface area contributed by atoms with E-state index in [4.69, 9.17) is 0 Å². The molecule has 2 aliphatic rings. The van der Waals surface area contributed by atoms with Crippen molar-refractivity contribution in [2.45, 2.75) is 26.4 Å². The highest BCUT2D eigenvalue weighted by molar-refractivity contribution is 8.14. The van der Waals surface area contributed by atoms with Crippen LogP contribution in [0.5, 0.6) is 0 Å². The molecular weight excluding hydrogens is 320 g/mol. The smallest absolute Gasteiger partial charge is 0.289 e. The van der Waals surface area contributed by atoms with Crippen molar-refractivity contribution in [2.75, 3.05) is 18.8 Å². The van der Waals surface area contributed by atoms with Crippen molar-refractivity contribution in [1.82, 2.24) is 19.4 Å². The molecule has 2 aliphatic heterocycles. The fourth-order valence-electron chi connectivity index (χ4n) is 2.57. The topological polar surface area (TPSA) is 92.6 Å². The molecule has 1 aromatic rings. The van der Waals surface area contributed by atoms with Crippen molar-refractivity contribution < 1.29 is 14.4 Å². The first-order valence-corrected chi connectivity index (χ1v) is 8.16. The number of nitrogens with zero attached hydrogens (tertiary/aromatic N) is 4. The molecule has 3 heterocycles. The zero-order valence-electron chi connectivity index (χ0n) is 12.8. The largest absolute Gasteiger partial charge is 0.337 e. The molecule has 0 aromatic carbocycles. The molecular formula is C14H16N4O4S. The van der Waals surface area contributed by atoms with Crippen LogP contribution in [0.2, 0.25) is 0 Å². The molecule has 3 amide bonds. The normalized spacial score (nSPS) is 18.5. The lowest BCUT2D eigenvalue weighted by atomic mass is 10.1. The van der Waals surface area contributed by atoms with Crippen LogP contribution in [0.4, 0.5) is 4.79 Å². The predicted molar refractivity (Wildman–Crippen MR) is 83.0 cm³/mol. The van der Waals surface area contributed by atoms with Gasteiger partial charge in [0.25, 0.3) is 10.8 Å². The molecule has 1 aromatic heterocycles. The number of thioether (sulfide) groups is 1. The van der Waals surface area contributed by atoms with E-state index in [2.05, 4.69) is 4.98 Å². The molecule has 122 valence electrons. The molecule has 8 nitrogen and oxygen atoms in total. The third-order valence-electron chi connectivity index (χ3n) is 4.19. The molecule has 0 spiro atoms. The van der Waals surface area contributed by atoms with Crippen molar-refractivity contribution in [3.63, 3.8) is 0 Å². The van der Waals surface area contributed by atoms with Crippen LogP contribution in [0.1, 0.15) is 11.3 Å². The highest BCUT2D eigenvalue weighted by atomic mass is 32.2. The highest BCUT2D eigenvalue weighted by Crippen LogP contribution is 2.26. The second kappa shape index (κ2) is 5.80.